The van der Waals surface area contributed by atoms with Crippen LogP contribution in [-0.4, -0.2) is 63.9 Å². The molecule has 0 radical (unpaired) electrons. The molecule has 2 fully saturated rings. The Hall–Kier alpha value is 0.940. The zero-order valence-electron chi connectivity index (χ0n) is 23.4. The van der Waals surface area contributed by atoms with Gasteiger partial charge in [0, 0.05) is 0 Å². The summed E-state index contributed by atoms with van der Waals surface area (Å²) in [5.74, 6) is 0.251. The van der Waals surface area contributed by atoms with Gasteiger partial charge < -0.3 is 9.47 Å². The molecule has 2 aromatic carbocycles. The van der Waals surface area contributed by atoms with Crippen molar-refractivity contribution in [2.45, 2.75) is 50.4 Å². The molecule has 2 heterocycles. The quantitative estimate of drug-likeness (QED) is 0.166. The summed E-state index contributed by atoms with van der Waals surface area (Å²) < 4.78 is 29.3. The maximum absolute atomic E-state index is 13.9. The van der Waals surface area contributed by atoms with Gasteiger partial charge in [0.05, 0.1) is 16.6 Å². The number of aliphatic hydroxyl groups is 1. The number of carbonyl (C=O) groups excluding carboxylic acids is 1. The fraction of sp³-hybridized carbons (Fsp3) is 0.552. The van der Waals surface area contributed by atoms with Gasteiger partial charge in [-0.3, -0.25) is 0 Å². The maximum Gasteiger partial charge on any atom is 0.236 e. The van der Waals surface area contributed by atoms with Crippen molar-refractivity contribution in [3.8, 4) is 0 Å². The van der Waals surface area contributed by atoms with Crippen LogP contribution in [0.2, 0.25) is 0 Å². The average molecular weight is 1020 g/mol. The Morgan fingerprint density at radius 2 is 1.52 bits per heavy atom. The van der Waals surface area contributed by atoms with E-state index in [9.17, 15) is 14.5 Å². The molecule has 0 amide bonds. The Bertz CT molecular complexity index is 1050. The monoisotopic (exact) mass is 1020 g/mol. The third-order valence-corrected chi connectivity index (χ3v) is 17.6. The Balaban J connectivity index is 0.000000384. The second kappa shape index (κ2) is 18.0. The van der Waals surface area contributed by atoms with Crippen LogP contribution in [-0.2, 0) is 25.2 Å². The zero-order valence-corrected chi connectivity index (χ0v) is 32.9. The number of methoxy groups -OCH3 is 1. The Morgan fingerprint density at radius 1 is 1.00 bits per heavy atom. The molecule has 1 N–H and O–H groups in total. The number of aliphatic hydroxyl groups excluding tert-OH is 1. The van der Waals surface area contributed by atoms with E-state index in [1.54, 1.807) is 0 Å². The van der Waals surface area contributed by atoms with E-state index in [4.69, 9.17) is 14.2 Å². The largest absolute Gasteiger partial charge is 0.341 e. The summed E-state index contributed by atoms with van der Waals surface area (Å²) in [6.07, 6.45) is 2.79. The van der Waals surface area contributed by atoms with Crippen molar-refractivity contribution in [3.63, 3.8) is 0 Å². The van der Waals surface area contributed by atoms with E-state index in [0.717, 1.165) is 36.9 Å². The first-order chi connectivity index (χ1) is 19.0. The summed E-state index contributed by atoms with van der Waals surface area (Å²) in [4.78, 5) is 13.9. The third-order valence-electron chi connectivity index (χ3n) is 6.56. The van der Waals surface area contributed by atoms with Gasteiger partial charge in [-0.1, -0.05) is 45.2 Å². The first-order valence-corrected chi connectivity index (χ1v) is 21.8. The summed E-state index contributed by atoms with van der Waals surface area (Å²) in [5, 5.41) is 11.9. The number of fused-ring (bicyclic) bond motifs is 1. The molecule has 2 aliphatic heterocycles. The summed E-state index contributed by atoms with van der Waals surface area (Å²) in [7, 11) is -1.40. The molecule has 0 aromatic heterocycles. The van der Waals surface area contributed by atoms with Crippen LogP contribution < -0.4 is 26.5 Å². The van der Waals surface area contributed by atoms with Crippen molar-refractivity contribution < 1.29 is 49.9 Å². The van der Waals surface area contributed by atoms with E-state index in [-0.39, 0.29) is 27.2 Å². The van der Waals surface area contributed by atoms with E-state index in [1.165, 1.54) is 7.11 Å². The fourth-order valence-electron chi connectivity index (χ4n) is 4.65. The molecule has 6 nitrogen and oxygen atoms in total. The minimum absolute atomic E-state index is 0.198. The predicted molar refractivity (Wildman–Crippen MR) is 185 cm³/mol. The molecule has 11 heteroatoms. The molecular formula is C29H40I4O6P-. The van der Waals surface area contributed by atoms with Gasteiger partial charge in [-0.2, -0.15) is 0 Å². The summed E-state index contributed by atoms with van der Waals surface area (Å²) in [5.41, 5.74) is 1.06. The number of hydrogen-bond acceptors (Lipinski definition) is 6. The second-order valence-corrected chi connectivity index (χ2v) is 19.6. The van der Waals surface area contributed by atoms with E-state index in [2.05, 4.69) is 67.8 Å². The van der Waals surface area contributed by atoms with E-state index >= 15 is 0 Å². The average Bonchev–Trinajstić information content (AvgIpc) is 3.39. The summed E-state index contributed by atoms with van der Waals surface area (Å²) in [6, 6.07) is 19.3. The van der Waals surface area contributed by atoms with Crippen LogP contribution in [0.15, 0.2) is 60.7 Å². The van der Waals surface area contributed by atoms with E-state index in [0.29, 0.717) is 12.6 Å². The molecule has 0 bridgehead atoms. The van der Waals surface area contributed by atoms with Gasteiger partial charge in [0.2, 0.25) is 3.79 Å². The Morgan fingerprint density at radius 3 is 2.00 bits per heavy atom. The molecule has 0 saturated carbocycles. The van der Waals surface area contributed by atoms with Crippen LogP contribution in [0.3, 0.4) is 0 Å². The Labute approximate surface area is 290 Å². The van der Waals surface area contributed by atoms with Gasteiger partial charge in [0.25, 0.3) is 0 Å². The maximum atomic E-state index is 13.9. The van der Waals surface area contributed by atoms with Gasteiger partial charge in [-0.25, -0.2) is 0 Å². The molecular weight excluding hydrogens is 983 g/mol. The minimum atomic E-state index is -2.78. The van der Waals surface area contributed by atoms with Crippen LogP contribution in [0.4, 0.5) is 4.79 Å². The summed E-state index contributed by atoms with van der Waals surface area (Å²) in [6.45, 7) is 5.80. The second-order valence-electron chi connectivity index (χ2n) is 10.0. The Kier molecular flexibility index (Phi) is 16.7. The molecule has 0 spiro atoms. The van der Waals surface area contributed by atoms with Crippen LogP contribution in [0.5, 0.6) is 0 Å². The smallest absolute Gasteiger partial charge is 0.236 e. The van der Waals surface area contributed by atoms with Crippen molar-refractivity contribution in [1.29, 1.82) is 0 Å². The number of alkyl halides is 4. The molecule has 226 valence electrons. The molecule has 3 unspecified atom stereocenters. The van der Waals surface area contributed by atoms with Crippen molar-refractivity contribution in [2.75, 3.05) is 37.6 Å². The van der Waals surface area contributed by atoms with Crippen LogP contribution in [0.25, 0.3) is 0 Å². The van der Waals surface area contributed by atoms with Gasteiger partial charge in [-0.15, -0.1) is 0 Å². The zero-order chi connectivity index (χ0) is 29.8. The third kappa shape index (κ3) is 10.8. The topological polar surface area (TPSA) is 82.1 Å². The molecule has 4 rings (SSSR count). The van der Waals surface area contributed by atoms with Crippen LogP contribution >= 0.6 is 74.9 Å². The molecule has 3 atom stereocenters. The van der Waals surface area contributed by atoms with E-state index in [1.807, 2.05) is 79.4 Å². The number of hydrogen-bond donors (Lipinski definition) is 1. The van der Waals surface area contributed by atoms with Gasteiger partial charge in [0.1, 0.15) is 0 Å². The first-order valence-electron chi connectivity index (χ1n) is 13.1. The van der Waals surface area contributed by atoms with Gasteiger partial charge >= 0.3 is 179 Å². The number of rotatable bonds is 10. The SMILES string of the molecule is CI.COC(=O)[I-]C(Cc1ccccc1)C(O)CP(=O)(CC(C)C)c1ccccc1.IC12CCOC1(I)OCC2. The molecule has 2 aliphatic rings. The molecule has 2 saturated heterocycles. The fourth-order valence-corrected chi connectivity index (χ4v) is 12.4. The van der Waals surface area contributed by atoms with Crippen molar-refractivity contribution >= 4 is 84.2 Å². The van der Waals surface area contributed by atoms with Crippen LogP contribution in [0.1, 0.15) is 32.3 Å². The first kappa shape index (κ1) is 37.1. The summed E-state index contributed by atoms with van der Waals surface area (Å²) >= 11 is 5.86. The van der Waals surface area contributed by atoms with Crippen molar-refractivity contribution in [1.82, 2.24) is 0 Å². The predicted octanol–water partition coefficient (Wildman–Crippen LogP) is 4.30. The number of halogens is 4. The normalized spacial score (nSPS) is 24.5. The number of ether oxygens (including phenoxy) is 3. The van der Waals surface area contributed by atoms with Crippen molar-refractivity contribution in [3.05, 3.63) is 66.2 Å². The molecule has 2 aromatic rings. The van der Waals surface area contributed by atoms with Gasteiger partial charge in [-0.05, 0) is 40.4 Å². The van der Waals surface area contributed by atoms with Gasteiger partial charge in [0.15, 0.2) is 0 Å². The standard InChI is InChI=1S/C22H29IO4P.C6H8I2O2.CH3I/c1-17(2)15-28(26,19-12-8-5-9-13-19)16-21(24)20(23-22(25)27-3)14-18-10-6-4-7-11-18;7-5-1-3-9-6(5,8)10-4-2-5;1-2/h4-13,17,20-21,24H,14-16H2,1-3H3;1-4H2;1H3/q-1;;. The minimum Gasteiger partial charge on any atom is -0.341 e. The number of carbonyl (C=O) groups is 1. The molecule has 40 heavy (non-hydrogen) atoms. The van der Waals surface area contributed by atoms with E-state index < -0.39 is 34.5 Å². The molecule has 0 aliphatic carbocycles. The number of benzene rings is 2. The van der Waals surface area contributed by atoms with Crippen molar-refractivity contribution in [2.24, 2.45) is 5.92 Å². The van der Waals surface area contributed by atoms with Crippen LogP contribution in [0, 0.1) is 5.92 Å².